The van der Waals surface area contributed by atoms with Gasteiger partial charge in [-0.25, -0.2) is 8.42 Å². The highest BCUT2D eigenvalue weighted by Crippen LogP contribution is 2.23. The molecule has 0 bridgehead atoms. The second-order valence-electron chi connectivity index (χ2n) is 3.84. The first-order chi connectivity index (χ1) is 7.86. The average molecular weight is 265 g/mol. The summed E-state index contributed by atoms with van der Waals surface area (Å²) in [5.74, 6) is -2.62. The molecule has 1 saturated heterocycles. The number of rotatable bonds is 5. The van der Waals surface area contributed by atoms with Crippen molar-refractivity contribution in [2.24, 2.45) is 0 Å². The number of carbonyl (C=O) groups excluding carboxylic acids is 1. The Morgan fingerprint density at radius 2 is 2.12 bits per heavy atom. The van der Waals surface area contributed by atoms with Crippen LogP contribution in [0.15, 0.2) is 0 Å². The van der Waals surface area contributed by atoms with Crippen molar-refractivity contribution in [2.75, 3.05) is 19.4 Å². The van der Waals surface area contributed by atoms with Crippen molar-refractivity contribution in [3.63, 3.8) is 0 Å². The maximum atomic E-state index is 11.8. The third kappa shape index (κ3) is 3.67. The van der Waals surface area contributed by atoms with Crippen LogP contribution in [-0.2, 0) is 24.3 Å². The first-order valence-electron chi connectivity index (χ1n) is 5.15. The maximum absolute atomic E-state index is 11.8. The van der Waals surface area contributed by atoms with Crippen molar-refractivity contribution in [3.05, 3.63) is 0 Å². The van der Waals surface area contributed by atoms with Crippen molar-refractivity contribution in [3.8, 4) is 0 Å². The van der Waals surface area contributed by atoms with E-state index in [2.05, 4.69) is 4.74 Å². The van der Waals surface area contributed by atoms with E-state index in [0.717, 1.165) is 11.4 Å². The van der Waals surface area contributed by atoms with Gasteiger partial charge in [0.15, 0.2) is 5.75 Å². The average Bonchev–Trinajstić information content (AvgIpc) is 2.64. The van der Waals surface area contributed by atoms with Gasteiger partial charge in [0.05, 0.1) is 13.5 Å². The fourth-order valence-electron chi connectivity index (χ4n) is 1.87. The van der Waals surface area contributed by atoms with Gasteiger partial charge < -0.3 is 9.84 Å². The third-order valence-electron chi connectivity index (χ3n) is 2.62. The van der Waals surface area contributed by atoms with Crippen LogP contribution < -0.4 is 0 Å². The van der Waals surface area contributed by atoms with E-state index in [9.17, 15) is 18.0 Å². The Kier molecular flexibility index (Phi) is 4.47. The number of hydrogen-bond acceptors (Lipinski definition) is 5. The number of nitrogens with zero attached hydrogens (tertiary/aromatic N) is 1. The minimum Gasteiger partial charge on any atom is -0.481 e. The van der Waals surface area contributed by atoms with Crippen LogP contribution in [0.3, 0.4) is 0 Å². The molecule has 8 heteroatoms. The number of ether oxygens (including phenoxy) is 1. The molecule has 0 aliphatic carbocycles. The molecule has 0 spiro atoms. The topological polar surface area (TPSA) is 101 Å². The van der Waals surface area contributed by atoms with Gasteiger partial charge in [0.1, 0.15) is 0 Å². The summed E-state index contributed by atoms with van der Waals surface area (Å²) in [5.41, 5.74) is 0. The summed E-state index contributed by atoms with van der Waals surface area (Å²) in [7, 11) is -2.66. The number of methoxy groups -OCH3 is 1. The molecule has 0 aromatic heterocycles. The predicted octanol–water partition coefficient (Wildman–Crippen LogP) is -0.572. The lowest BCUT2D eigenvalue weighted by atomic mass is 10.2. The summed E-state index contributed by atoms with van der Waals surface area (Å²) in [6.07, 6.45) is 0.880. The largest absolute Gasteiger partial charge is 0.481 e. The van der Waals surface area contributed by atoms with Crippen molar-refractivity contribution >= 4 is 22.0 Å². The van der Waals surface area contributed by atoms with Gasteiger partial charge in [0.25, 0.3) is 0 Å². The molecule has 1 N–H and O–H groups in total. The molecular formula is C9H15NO6S. The summed E-state index contributed by atoms with van der Waals surface area (Å²) in [4.78, 5) is 21.6. The fraction of sp³-hybridized carbons (Fsp3) is 0.778. The molecule has 1 aliphatic heterocycles. The second kappa shape index (κ2) is 5.46. The van der Waals surface area contributed by atoms with Crippen LogP contribution in [0.4, 0.5) is 0 Å². The van der Waals surface area contributed by atoms with E-state index in [1.54, 1.807) is 0 Å². The van der Waals surface area contributed by atoms with Gasteiger partial charge in [-0.2, -0.15) is 4.31 Å². The lowest BCUT2D eigenvalue weighted by Crippen LogP contribution is -2.40. The molecule has 0 amide bonds. The number of esters is 1. The molecule has 7 nitrogen and oxygen atoms in total. The number of carboxylic acids is 1. The van der Waals surface area contributed by atoms with Gasteiger partial charge in [-0.1, -0.05) is 0 Å². The quantitative estimate of drug-likeness (QED) is 0.668. The molecule has 1 rings (SSSR count). The zero-order valence-corrected chi connectivity index (χ0v) is 10.3. The number of carbonyl (C=O) groups is 2. The Bertz CT molecular complexity index is 404. The zero-order valence-electron chi connectivity index (χ0n) is 9.46. The molecule has 0 aromatic rings. The van der Waals surface area contributed by atoms with Crippen molar-refractivity contribution in [2.45, 2.75) is 25.3 Å². The molecule has 0 radical (unpaired) electrons. The Labute approximate surface area is 99.4 Å². The lowest BCUT2D eigenvalue weighted by Gasteiger charge is -2.22. The van der Waals surface area contributed by atoms with Crippen LogP contribution >= 0.6 is 0 Å². The molecule has 17 heavy (non-hydrogen) atoms. The number of sulfonamides is 1. The molecule has 0 aromatic carbocycles. The van der Waals surface area contributed by atoms with Crippen LogP contribution in [0.25, 0.3) is 0 Å². The third-order valence-corrected chi connectivity index (χ3v) is 4.41. The first kappa shape index (κ1) is 13.9. The zero-order chi connectivity index (χ0) is 13.1. The number of aliphatic carboxylic acids is 1. The SMILES string of the molecule is COC(=O)CS(=O)(=O)N1CCCC1CC(=O)O. The summed E-state index contributed by atoms with van der Waals surface area (Å²) in [6, 6.07) is -0.554. The molecular weight excluding hydrogens is 250 g/mol. The van der Waals surface area contributed by atoms with E-state index in [0.29, 0.717) is 12.8 Å². The van der Waals surface area contributed by atoms with Crippen molar-refractivity contribution < 1.29 is 27.9 Å². The van der Waals surface area contributed by atoms with Crippen LogP contribution in [0.1, 0.15) is 19.3 Å². The Morgan fingerprint density at radius 3 is 2.65 bits per heavy atom. The monoisotopic (exact) mass is 265 g/mol. The molecule has 1 atom stereocenters. The van der Waals surface area contributed by atoms with Gasteiger partial charge >= 0.3 is 11.9 Å². The summed E-state index contributed by atoms with van der Waals surface area (Å²) in [6.45, 7) is 0.261. The number of hydrogen-bond donors (Lipinski definition) is 1. The van der Waals surface area contributed by atoms with E-state index >= 15 is 0 Å². The van der Waals surface area contributed by atoms with Gasteiger partial charge in [0, 0.05) is 12.6 Å². The Morgan fingerprint density at radius 1 is 1.47 bits per heavy atom. The first-order valence-corrected chi connectivity index (χ1v) is 6.76. The van der Waals surface area contributed by atoms with E-state index in [1.807, 2.05) is 0 Å². The van der Waals surface area contributed by atoms with Crippen LogP contribution in [-0.4, -0.2) is 55.2 Å². The Balaban J connectivity index is 2.76. The van der Waals surface area contributed by atoms with Crippen molar-refractivity contribution in [1.82, 2.24) is 4.31 Å². The van der Waals surface area contributed by atoms with Gasteiger partial charge in [0.2, 0.25) is 10.0 Å². The van der Waals surface area contributed by atoms with Gasteiger partial charge in [-0.05, 0) is 12.8 Å². The molecule has 1 fully saturated rings. The minimum atomic E-state index is -3.77. The van der Waals surface area contributed by atoms with Gasteiger partial charge in [-0.15, -0.1) is 0 Å². The van der Waals surface area contributed by atoms with E-state index in [1.165, 1.54) is 0 Å². The standard InChI is InChI=1S/C9H15NO6S/c1-16-9(13)6-17(14,15)10-4-2-3-7(10)5-8(11)12/h7H,2-6H2,1H3,(H,11,12). The number of carboxylic acid groups (broad SMARTS) is 1. The normalized spacial score (nSPS) is 21.4. The Hall–Kier alpha value is -1.15. The van der Waals surface area contributed by atoms with Crippen LogP contribution in [0.2, 0.25) is 0 Å². The maximum Gasteiger partial charge on any atom is 0.322 e. The van der Waals surface area contributed by atoms with E-state index in [4.69, 9.17) is 5.11 Å². The molecule has 1 heterocycles. The van der Waals surface area contributed by atoms with Crippen molar-refractivity contribution in [1.29, 1.82) is 0 Å². The summed E-state index contributed by atoms with van der Waals surface area (Å²) in [5, 5.41) is 8.67. The lowest BCUT2D eigenvalue weighted by molar-refractivity contribution is -0.138. The van der Waals surface area contributed by atoms with Crippen LogP contribution in [0, 0.1) is 0 Å². The highest BCUT2D eigenvalue weighted by molar-refractivity contribution is 7.89. The minimum absolute atomic E-state index is 0.236. The molecule has 0 saturated carbocycles. The predicted molar refractivity (Wildman–Crippen MR) is 57.8 cm³/mol. The molecule has 98 valence electrons. The fourth-order valence-corrected chi connectivity index (χ4v) is 3.49. The summed E-state index contributed by atoms with van der Waals surface area (Å²) >= 11 is 0. The molecule has 1 unspecified atom stereocenters. The second-order valence-corrected chi connectivity index (χ2v) is 5.76. The smallest absolute Gasteiger partial charge is 0.322 e. The highest BCUT2D eigenvalue weighted by Gasteiger charge is 2.36. The van der Waals surface area contributed by atoms with E-state index < -0.39 is 33.8 Å². The van der Waals surface area contributed by atoms with Crippen LogP contribution in [0.5, 0.6) is 0 Å². The highest BCUT2D eigenvalue weighted by atomic mass is 32.2. The van der Waals surface area contributed by atoms with E-state index in [-0.39, 0.29) is 13.0 Å². The molecule has 1 aliphatic rings. The van der Waals surface area contributed by atoms with Gasteiger partial charge in [-0.3, -0.25) is 9.59 Å². The summed E-state index contributed by atoms with van der Waals surface area (Å²) < 4.78 is 29.0.